The van der Waals surface area contributed by atoms with E-state index in [1.54, 1.807) is 0 Å². The molecule has 1 N–H and O–H groups in total. The minimum Gasteiger partial charge on any atom is -0.475 e. The van der Waals surface area contributed by atoms with E-state index in [9.17, 15) is 9.59 Å². The fourth-order valence-corrected chi connectivity index (χ4v) is 3.60. The van der Waals surface area contributed by atoms with Gasteiger partial charge in [-0.05, 0) is 37.0 Å². The predicted molar refractivity (Wildman–Crippen MR) is 89.2 cm³/mol. The maximum absolute atomic E-state index is 12.8. The first-order chi connectivity index (χ1) is 11.6. The van der Waals surface area contributed by atoms with E-state index >= 15 is 0 Å². The maximum Gasteiger partial charge on any atom is 0.371 e. The molecule has 1 fully saturated rings. The van der Waals surface area contributed by atoms with E-state index in [-0.39, 0.29) is 29.4 Å². The second-order valence-electron chi connectivity index (χ2n) is 6.10. The topological polar surface area (TPSA) is 70.8 Å². The number of hydrogen-bond acceptors (Lipinski definition) is 3. The lowest BCUT2D eigenvalue weighted by Crippen LogP contribution is -2.39. The molecule has 1 aromatic heterocycles. The first kappa shape index (κ1) is 16.3. The quantitative estimate of drug-likeness (QED) is 0.907. The third-order valence-electron chi connectivity index (χ3n) is 4.72. The van der Waals surface area contributed by atoms with Crippen LogP contribution in [0.4, 0.5) is 0 Å². The van der Waals surface area contributed by atoms with E-state index in [2.05, 4.69) is 19.1 Å². The van der Waals surface area contributed by atoms with Crippen LogP contribution in [0, 0.1) is 0 Å². The lowest BCUT2D eigenvalue weighted by molar-refractivity contribution is 0.0639. The Hall–Kier alpha value is -2.56. The highest BCUT2D eigenvalue weighted by atomic mass is 16.4. The molecule has 0 bridgehead atoms. The highest BCUT2D eigenvalue weighted by molar-refractivity contribution is 5.94. The predicted octanol–water partition coefficient (Wildman–Crippen LogP) is 3.78. The number of furan rings is 1. The van der Waals surface area contributed by atoms with Crippen molar-refractivity contribution in [2.24, 2.45) is 0 Å². The Morgan fingerprint density at radius 2 is 1.92 bits per heavy atom. The van der Waals surface area contributed by atoms with E-state index in [4.69, 9.17) is 9.52 Å². The molecule has 5 nitrogen and oxygen atoms in total. The highest BCUT2D eigenvalue weighted by Crippen LogP contribution is 2.34. The fourth-order valence-electron chi connectivity index (χ4n) is 3.60. The Morgan fingerprint density at radius 3 is 2.54 bits per heavy atom. The van der Waals surface area contributed by atoms with E-state index in [0.29, 0.717) is 6.54 Å². The van der Waals surface area contributed by atoms with Crippen molar-refractivity contribution < 1.29 is 19.1 Å². The number of rotatable bonds is 5. The lowest BCUT2D eigenvalue weighted by atomic mass is 9.87. The zero-order valence-electron chi connectivity index (χ0n) is 13.6. The lowest BCUT2D eigenvalue weighted by Gasteiger charge is -2.31. The molecule has 2 unspecified atom stereocenters. The van der Waals surface area contributed by atoms with Crippen molar-refractivity contribution in [1.82, 2.24) is 4.90 Å². The van der Waals surface area contributed by atoms with Crippen molar-refractivity contribution in [3.8, 4) is 0 Å². The summed E-state index contributed by atoms with van der Waals surface area (Å²) >= 11 is 0. The van der Waals surface area contributed by atoms with Gasteiger partial charge in [0, 0.05) is 18.5 Å². The SMILES string of the molecule is CCC(c1ccccc1)C1CCCN1C(=O)c1ccc(C(=O)O)o1. The normalized spacial score (nSPS) is 18.5. The zero-order chi connectivity index (χ0) is 17.1. The smallest absolute Gasteiger partial charge is 0.371 e. The number of hydrogen-bond donors (Lipinski definition) is 1. The van der Waals surface area contributed by atoms with Crippen LogP contribution >= 0.6 is 0 Å². The Labute approximate surface area is 140 Å². The van der Waals surface area contributed by atoms with E-state index in [1.165, 1.54) is 17.7 Å². The summed E-state index contributed by atoms with van der Waals surface area (Å²) in [6.07, 6.45) is 2.84. The van der Waals surface area contributed by atoms with Crippen LogP contribution in [0.15, 0.2) is 46.9 Å². The molecule has 0 radical (unpaired) electrons. The van der Waals surface area contributed by atoms with Gasteiger partial charge in [0.15, 0.2) is 5.76 Å². The molecule has 24 heavy (non-hydrogen) atoms. The summed E-state index contributed by atoms with van der Waals surface area (Å²) in [5.41, 5.74) is 1.23. The van der Waals surface area contributed by atoms with Gasteiger partial charge in [-0.3, -0.25) is 4.79 Å². The van der Waals surface area contributed by atoms with E-state index in [0.717, 1.165) is 19.3 Å². The minimum absolute atomic E-state index is 0.0993. The zero-order valence-corrected chi connectivity index (χ0v) is 13.6. The average Bonchev–Trinajstić information content (AvgIpc) is 3.26. The molecule has 2 atom stereocenters. The molecule has 0 aliphatic carbocycles. The number of carbonyl (C=O) groups is 2. The number of likely N-dealkylation sites (tertiary alicyclic amines) is 1. The number of aromatic carboxylic acids is 1. The van der Waals surface area contributed by atoms with Gasteiger partial charge in [-0.1, -0.05) is 37.3 Å². The van der Waals surface area contributed by atoms with Crippen LogP contribution in [0.2, 0.25) is 0 Å². The van der Waals surface area contributed by atoms with Crippen LogP contribution in [0.25, 0.3) is 0 Å². The molecule has 2 aromatic rings. The van der Waals surface area contributed by atoms with Crippen LogP contribution in [0.3, 0.4) is 0 Å². The molecule has 1 aromatic carbocycles. The van der Waals surface area contributed by atoms with Crippen molar-refractivity contribution in [1.29, 1.82) is 0 Å². The minimum atomic E-state index is -1.16. The van der Waals surface area contributed by atoms with E-state index in [1.807, 2.05) is 23.1 Å². The second kappa shape index (κ2) is 6.91. The molecular formula is C19H21NO4. The standard InChI is InChI=1S/C19H21NO4/c1-2-14(13-7-4-3-5-8-13)15-9-6-12-20(15)18(21)16-10-11-17(24-16)19(22)23/h3-5,7-8,10-11,14-15H,2,6,9,12H2,1H3,(H,22,23). The molecule has 1 aliphatic heterocycles. The number of benzene rings is 1. The Balaban J connectivity index is 1.83. The summed E-state index contributed by atoms with van der Waals surface area (Å²) in [6.45, 7) is 2.81. The summed E-state index contributed by atoms with van der Waals surface area (Å²) in [6, 6.07) is 13.1. The van der Waals surface area contributed by atoms with Gasteiger partial charge in [-0.25, -0.2) is 4.79 Å². The monoisotopic (exact) mass is 327 g/mol. The number of carbonyl (C=O) groups excluding carboxylic acids is 1. The van der Waals surface area contributed by atoms with Gasteiger partial charge >= 0.3 is 5.97 Å². The third kappa shape index (κ3) is 3.07. The molecule has 0 spiro atoms. The van der Waals surface area contributed by atoms with Gasteiger partial charge in [-0.15, -0.1) is 0 Å². The van der Waals surface area contributed by atoms with Crippen LogP contribution in [0.1, 0.15) is 58.8 Å². The first-order valence-electron chi connectivity index (χ1n) is 8.31. The molecule has 0 saturated carbocycles. The summed E-state index contributed by atoms with van der Waals surface area (Å²) in [5, 5.41) is 8.95. The molecular weight excluding hydrogens is 306 g/mol. The first-order valence-corrected chi connectivity index (χ1v) is 8.31. The number of amides is 1. The summed E-state index contributed by atoms with van der Waals surface area (Å²) in [4.78, 5) is 25.6. The van der Waals surface area contributed by atoms with Crippen LogP contribution in [-0.4, -0.2) is 34.5 Å². The van der Waals surface area contributed by atoms with Crippen molar-refractivity contribution in [3.05, 3.63) is 59.5 Å². The summed E-state index contributed by atoms with van der Waals surface area (Å²) in [7, 11) is 0. The summed E-state index contributed by atoms with van der Waals surface area (Å²) < 4.78 is 5.20. The largest absolute Gasteiger partial charge is 0.475 e. The maximum atomic E-state index is 12.8. The van der Waals surface area contributed by atoms with Crippen LogP contribution in [-0.2, 0) is 0 Å². The number of nitrogens with zero attached hydrogens (tertiary/aromatic N) is 1. The second-order valence-corrected chi connectivity index (χ2v) is 6.10. The highest BCUT2D eigenvalue weighted by Gasteiger charge is 2.36. The van der Waals surface area contributed by atoms with Crippen molar-refractivity contribution in [3.63, 3.8) is 0 Å². The Bertz CT molecular complexity index is 722. The molecule has 2 heterocycles. The Morgan fingerprint density at radius 1 is 1.21 bits per heavy atom. The molecule has 1 saturated heterocycles. The molecule has 3 rings (SSSR count). The molecule has 5 heteroatoms. The summed E-state index contributed by atoms with van der Waals surface area (Å²) in [5.74, 6) is -1.22. The molecule has 126 valence electrons. The number of carboxylic acid groups (broad SMARTS) is 1. The average molecular weight is 327 g/mol. The Kier molecular flexibility index (Phi) is 4.69. The van der Waals surface area contributed by atoms with Crippen molar-refractivity contribution in [2.75, 3.05) is 6.54 Å². The van der Waals surface area contributed by atoms with E-state index < -0.39 is 5.97 Å². The van der Waals surface area contributed by atoms with Crippen molar-refractivity contribution in [2.45, 2.75) is 38.1 Å². The molecule has 1 amide bonds. The van der Waals surface area contributed by atoms with Crippen LogP contribution in [0.5, 0.6) is 0 Å². The van der Waals surface area contributed by atoms with Gasteiger partial charge < -0.3 is 14.4 Å². The van der Waals surface area contributed by atoms with Gasteiger partial charge in [0.2, 0.25) is 5.76 Å². The fraction of sp³-hybridized carbons (Fsp3) is 0.368. The molecule has 1 aliphatic rings. The number of carboxylic acids is 1. The van der Waals surface area contributed by atoms with Crippen molar-refractivity contribution >= 4 is 11.9 Å². The van der Waals surface area contributed by atoms with Gasteiger partial charge in [0.05, 0.1) is 0 Å². The van der Waals surface area contributed by atoms with Gasteiger partial charge in [0.1, 0.15) is 0 Å². The van der Waals surface area contributed by atoms with Gasteiger partial charge in [-0.2, -0.15) is 0 Å². The third-order valence-corrected chi connectivity index (χ3v) is 4.72. The van der Waals surface area contributed by atoms with Gasteiger partial charge in [0.25, 0.3) is 5.91 Å². The van der Waals surface area contributed by atoms with Crippen LogP contribution < -0.4 is 0 Å².